The Balaban J connectivity index is 1.48. The molecule has 3 amide bonds. The fourth-order valence-corrected chi connectivity index (χ4v) is 3.27. The lowest BCUT2D eigenvalue weighted by Gasteiger charge is -2.35. The highest BCUT2D eigenvalue weighted by molar-refractivity contribution is 5.94. The largest absolute Gasteiger partial charge is 0.334 e. The highest BCUT2D eigenvalue weighted by atomic mass is 16.2. The number of carbonyl (C=O) groups is 2. The fourth-order valence-electron chi connectivity index (χ4n) is 3.27. The number of anilines is 1. The van der Waals surface area contributed by atoms with E-state index in [2.05, 4.69) is 17.6 Å². The molecule has 1 aromatic rings. The molecule has 5 nitrogen and oxygen atoms in total. The van der Waals surface area contributed by atoms with E-state index in [1.807, 2.05) is 29.2 Å². The van der Waals surface area contributed by atoms with Crippen LogP contribution in [0.3, 0.4) is 0 Å². The van der Waals surface area contributed by atoms with Gasteiger partial charge in [-0.05, 0) is 56.2 Å². The molecule has 0 bridgehead atoms. The first-order valence-corrected chi connectivity index (χ1v) is 9.11. The number of nitrogens with one attached hydrogen (secondary N) is 2. The van der Waals surface area contributed by atoms with E-state index in [4.69, 9.17) is 0 Å². The summed E-state index contributed by atoms with van der Waals surface area (Å²) in [6, 6.07) is 8.12. The molecule has 1 heterocycles. The Morgan fingerprint density at radius 3 is 2.54 bits per heavy atom. The molecule has 0 aromatic heterocycles. The Morgan fingerprint density at radius 1 is 1.12 bits per heavy atom. The van der Waals surface area contributed by atoms with Crippen LogP contribution in [0.1, 0.15) is 51.0 Å². The van der Waals surface area contributed by atoms with Crippen molar-refractivity contribution in [1.29, 1.82) is 0 Å². The Hall–Kier alpha value is -2.04. The van der Waals surface area contributed by atoms with E-state index >= 15 is 0 Å². The lowest BCUT2D eigenvalue weighted by Crippen LogP contribution is -2.48. The van der Waals surface area contributed by atoms with Crippen LogP contribution in [-0.2, 0) is 11.3 Å². The fraction of sp³-hybridized carbons (Fsp3) is 0.579. The number of urea groups is 1. The summed E-state index contributed by atoms with van der Waals surface area (Å²) in [5, 5.41) is 5.95. The van der Waals surface area contributed by atoms with Gasteiger partial charge in [0.15, 0.2) is 0 Å². The third-order valence-corrected chi connectivity index (χ3v) is 4.97. The van der Waals surface area contributed by atoms with Crippen LogP contribution < -0.4 is 10.6 Å². The molecule has 1 saturated heterocycles. The molecule has 1 atom stereocenters. The van der Waals surface area contributed by atoms with E-state index in [1.165, 1.54) is 6.42 Å². The van der Waals surface area contributed by atoms with Gasteiger partial charge in [0.05, 0.1) is 0 Å². The van der Waals surface area contributed by atoms with Crippen molar-refractivity contribution in [3.8, 4) is 0 Å². The predicted molar refractivity (Wildman–Crippen MR) is 94.7 cm³/mol. The molecule has 24 heavy (non-hydrogen) atoms. The monoisotopic (exact) mass is 329 g/mol. The topological polar surface area (TPSA) is 61.4 Å². The van der Waals surface area contributed by atoms with Gasteiger partial charge in [-0.3, -0.25) is 4.79 Å². The maximum atomic E-state index is 12.4. The van der Waals surface area contributed by atoms with Crippen molar-refractivity contribution in [2.24, 2.45) is 5.92 Å². The minimum Gasteiger partial charge on any atom is -0.334 e. The molecule has 0 radical (unpaired) electrons. The minimum absolute atomic E-state index is 0.0349. The number of rotatable bonds is 5. The highest BCUT2D eigenvalue weighted by Crippen LogP contribution is 2.30. The van der Waals surface area contributed by atoms with Crippen molar-refractivity contribution in [2.45, 2.75) is 58.0 Å². The Kier molecular flexibility index (Phi) is 5.38. The number of piperidine rings is 1. The number of carbonyl (C=O) groups excluding carboxylic acids is 2. The molecule has 2 N–H and O–H groups in total. The van der Waals surface area contributed by atoms with Crippen LogP contribution in [0.4, 0.5) is 10.5 Å². The Bertz CT molecular complexity index is 581. The van der Waals surface area contributed by atoms with Crippen molar-refractivity contribution in [3.63, 3.8) is 0 Å². The molecule has 5 heteroatoms. The number of amides is 3. The zero-order valence-corrected chi connectivity index (χ0v) is 14.4. The zero-order chi connectivity index (χ0) is 16.9. The van der Waals surface area contributed by atoms with Gasteiger partial charge in [-0.15, -0.1) is 0 Å². The summed E-state index contributed by atoms with van der Waals surface area (Å²) < 4.78 is 0. The third kappa shape index (κ3) is 4.28. The summed E-state index contributed by atoms with van der Waals surface area (Å²) in [7, 11) is 0. The zero-order valence-electron chi connectivity index (χ0n) is 14.4. The number of hydrogen-bond donors (Lipinski definition) is 2. The first-order chi connectivity index (χ1) is 11.7. The van der Waals surface area contributed by atoms with E-state index in [0.717, 1.165) is 49.9 Å². The molecule has 2 aliphatic rings. The van der Waals surface area contributed by atoms with Crippen LogP contribution >= 0.6 is 0 Å². The van der Waals surface area contributed by atoms with Crippen molar-refractivity contribution in [3.05, 3.63) is 29.8 Å². The average Bonchev–Trinajstić information content (AvgIpc) is 3.46. The maximum Gasteiger partial charge on any atom is 0.317 e. The minimum atomic E-state index is 0.0349. The number of nitrogens with zero attached hydrogens (tertiary/aromatic N) is 1. The van der Waals surface area contributed by atoms with Crippen molar-refractivity contribution in [1.82, 2.24) is 10.2 Å². The van der Waals surface area contributed by atoms with Crippen LogP contribution in [0.15, 0.2) is 24.3 Å². The molecule has 0 unspecified atom stereocenters. The van der Waals surface area contributed by atoms with E-state index in [9.17, 15) is 9.59 Å². The summed E-state index contributed by atoms with van der Waals surface area (Å²) in [5.74, 6) is 0.326. The summed E-state index contributed by atoms with van der Waals surface area (Å²) in [4.78, 5) is 26.1. The molecule has 1 aliphatic carbocycles. The van der Waals surface area contributed by atoms with E-state index in [0.29, 0.717) is 12.6 Å². The maximum absolute atomic E-state index is 12.4. The average molecular weight is 329 g/mol. The van der Waals surface area contributed by atoms with Crippen LogP contribution in [0.25, 0.3) is 0 Å². The van der Waals surface area contributed by atoms with Crippen molar-refractivity contribution in [2.75, 3.05) is 11.9 Å². The van der Waals surface area contributed by atoms with Gasteiger partial charge in [-0.2, -0.15) is 0 Å². The van der Waals surface area contributed by atoms with Gasteiger partial charge < -0.3 is 15.5 Å². The first-order valence-electron chi connectivity index (χ1n) is 9.11. The summed E-state index contributed by atoms with van der Waals surface area (Å²) >= 11 is 0. The molecule has 2 fully saturated rings. The second kappa shape index (κ2) is 7.69. The molecule has 1 aromatic carbocycles. The van der Waals surface area contributed by atoms with Gasteiger partial charge in [0.1, 0.15) is 0 Å². The van der Waals surface area contributed by atoms with E-state index < -0.39 is 0 Å². The predicted octanol–water partition coefficient (Wildman–Crippen LogP) is 3.51. The van der Waals surface area contributed by atoms with Gasteiger partial charge in [-0.1, -0.05) is 19.1 Å². The van der Waals surface area contributed by atoms with Crippen LogP contribution in [0.2, 0.25) is 0 Å². The number of benzene rings is 1. The van der Waals surface area contributed by atoms with Gasteiger partial charge in [-0.25, -0.2) is 4.79 Å². The smallest absolute Gasteiger partial charge is 0.317 e. The molecule has 130 valence electrons. The van der Waals surface area contributed by atoms with E-state index in [-0.39, 0.29) is 17.9 Å². The van der Waals surface area contributed by atoms with Crippen LogP contribution in [-0.4, -0.2) is 29.4 Å². The van der Waals surface area contributed by atoms with Gasteiger partial charge in [0.2, 0.25) is 5.91 Å². The molecule has 1 aliphatic heterocycles. The second-order valence-electron chi connectivity index (χ2n) is 6.87. The van der Waals surface area contributed by atoms with Gasteiger partial charge in [0.25, 0.3) is 0 Å². The van der Waals surface area contributed by atoms with Crippen LogP contribution in [0.5, 0.6) is 0 Å². The standard InChI is InChI=1S/C19H27N3O2/c1-2-17-5-3-4-12-22(17)19(24)20-13-14-6-10-16(11-7-14)21-18(23)15-8-9-15/h6-7,10-11,15,17H,2-5,8-9,12-13H2,1H3,(H,20,24)(H,21,23)/t17-/m1/s1. The summed E-state index contributed by atoms with van der Waals surface area (Å²) in [6.07, 6.45) is 6.45. The quantitative estimate of drug-likeness (QED) is 0.868. The van der Waals surface area contributed by atoms with Gasteiger partial charge >= 0.3 is 6.03 Å². The Labute approximate surface area is 143 Å². The van der Waals surface area contributed by atoms with Crippen molar-refractivity contribution < 1.29 is 9.59 Å². The molecular formula is C19H27N3O2. The normalized spacial score (nSPS) is 20.5. The lowest BCUT2D eigenvalue weighted by atomic mass is 10.0. The van der Waals surface area contributed by atoms with Crippen molar-refractivity contribution >= 4 is 17.6 Å². The number of hydrogen-bond acceptors (Lipinski definition) is 2. The first kappa shape index (κ1) is 16.8. The molecular weight excluding hydrogens is 302 g/mol. The highest BCUT2D eigenvalue weighted by Gasteiger charge is 2.29. The SMILES string of the molecule is CC[C@@H]1CCCCN1C(=O)NCc1ccc(NC(=O)C2CC2)cc1. The molecule has 0 spiro atoms. The molecule has 3 rings (SSSR count). The summed E-state index contributed by atoms with van der Waals surface area (Å²) in [6.45, 7) is 3.52. The molecule has 1 saturated carbocycles. The Morgan fingerprint density at radius 2 is 1.88 bits per heavy atom. The second-order valence-corrected chi connectivity index (χ2v) is 6.87. The van der Waals surface area contributed by atoms with Gasteiger partial charge in [0, 0.05) is 30.7 Å². The van der Waals surface area contributed by atoms with Crippen LogP contribution in [0, 0.1) is 5.92 Å². The summed E-state index contributed by atoms with van der Waals surface area (Å²) in [5.41, 5.74) is 1.86. The number of likely N-dealkylation sites (tertiary alicyclic amines) is 1. The third-order valence-electron chi connectivity index (χ3n) is 4.97. The lowest BCUT2D eigenvalue weighted by molar-refractivity contribution is -0.117. The van der Waals surface area contributed by atoms with E-state index in [1.54, 1.807) is 0 Å².